The zero-order valence-electron chi connectivity index (χ0n) is 16.5. The summed E-state index contributed by atoms with van der Waals surface area (Å²) in [6.45, 7) is 5.25. The number of carbonyl (C=O) groups is 2. The van der Waals surface area contributed by atoms with E-state index in [1.54, 1.807) is 18.3 Å². The van der Waals surface area contributed by atoms with Gasteiger partial charge < -0.3 is 15.0 Å². The average Bonchev–Trinajstić information content (AvgIpc) is 2.71. The van der Waals surface area contributed by atoms with Gasteiger partial charge in [0.05, 0.1) is 17.8 Å². The van der Waals surface area contributed by atoms with E-state index in [4.69, 9.17) is 4.74 Å². The van der Waals surface area contributed by atoms with Crippen molar-refractivity contribution in [1.29, 1.82) is 0 Å². The number of rotatable bonds is 6. The maximum atomic E-state index is 12.6. The van der Waals surface area contributed by atoms with Crippen LogP contribution in [-0.2, 0) is 9.59 Å². The van der Waals surface area contributed by atoms with Crippen molar-refractivity contribution < 1.29 is 14.3 Å². The largest absolute Gasteiger partial charge is 0.439 e. The maximum absolute atomic E-state index is 12.6. The van der Waals surface area contributed by atoms with Crippen LogP contribution in [0, 0.1) is 12.8 Å². The van der Waals surface area contributed by atoms with Gasteiger partial charge in [0.1, 0.15) is 5.75 Å². The van der Waals surface area contributed by atoms with Gasteiger partial charge >= 0.3 is 0 Å². The van der Waals surface area contributed by atoms with Crippen LogP contribution in [0.15, 0.2) is 42.6 Å². The quantitative estimate of drug-likeness (QED) is 0.816. The number of nitrogens with one attached hydrogen (secondary N) is 1. The van der Waals surface area contributed by atoms with Gasteiger partial charge in [0, 0.05) is 25.6 Å². The van der Waals surface area contributed by atoms with Crippen LogP contribution in [0.2, 0.25) is 0 Å². The summed E-state index contributed by atoms with van der Waals surface area (Å²) in [5.74, 6) is 1.07. The van der Waals surface area contributed by atoms with Crippen molar-refractivity contribution in [2.24, 2.45) is 5.92 Å². The molecule has 1 aromatic heterocycles. The number of likely N-dealkylation sites (tertiary alicyclic amines) is 1. The minimum Gasteiger partial charge on any atom is -0.439 e. The molecule has 1 saturated heterocycles. The van der Waals surface area contributed by atoms with E-state index >= 15 is 0 Å². The first kappa shape index (κ1) is 19.9. The number of amides is 2. The molecule has 6 heteroatoms. The summed E-state index contributed by atoms with van der Waals surface area (Å²) in [5.41, 5.74) is 1.79. The number of nitrogens with zero attached hydrogens (tertiary/aromatic N) is 2. The van der Waals surface area contributed by atoms with Gasteiger partial charge in [-0.2, -0.15) is 0 Å². The van der Waals surface area contributed by atoms with E-state index < -0.39 is 0 Å². The van der Waals surface area contributed by atoms with E-state index in [0.29, 0.717) is 30.3 Å². The second-order valence-corrected chi connectivity index (χ2v) is 7.22. The molecule has 0 bridgehead atoms. The van der Waals surface area contributed by atoms with E-state index in [1.165, 1.54) is 0 Å². The Bertz CT molecular complexity index is 803. The molecule has 0 spiro atoms. The monoisotopic (exact) mass is 381 g/mol. The Kier molecular flexibility index (Phi) is 6.63. The Labute approximate surface area is 165 Å². The Morgan fingerprint density at radius 1 is 1.21 bits per heavy atom. The second kappa shape index (κ2) is 9.35. The molecule has 6 nitrogen and oxygen atoms in total. The molecule has 1 N–H and O–H groups in total. The highest BCUT2D eigenvalue weighted by Gasteiger charge is 2.28. The molecule has 0 saturated carbocycles. The maximum Gasteiger partial charge on any atom is 0.229 e. The van der Waals surface area contributed by atoms with E-state index in [1.807, 2.05) is 43.0 Å². The lowest BCUT2D eigenvalue weighted by Gasteiger charge is -2.32. The van der Waals surface area contributed by atoms with Crippen LogP contribution >= 0.6 is 0 Å². The van der Waals surface area contributed by atoms with Crippen LogP contribution in [0.4, 0.5) is 5.69 Å². The molecule has 2 heterocycles. The summed E-state index contributed by atoms with van der Waals surface area (Å²) in [6.07, 6.45) is 4.61. The summed E-state index contributed by atoms with van der Waals surface area (Å²) in [5, 5.41) is 2.91. The van der Waals surface area contributed by atoms with Gasteiger partial charge in [0.2, 0.25) is 17.7 Å². The molecule has 1 aliphatic rings. The van der Waals surface area contributed by atoms with Crippen LogP contribution in [0.5, 0.6) is 11.6 Å². The molecule has 1 fully saturated rings. The van der Waals surface area contributed by atoms with Gasteiger partial charge in [-0.3, -0.25) is 9.59 Å². The fourth-order valence-corrected chi connectivity index (χ4v) is 3.28. The standard InChI is InChI=1S/C22H27N3O3/c1-3-5-21(26)25-13-4-6-17(15-25)22(27)24-18-9-12-20(23-14-18)28-19-10-7-16(2)8-11-19/h7-12,14,17H,3-6,13,15H2,1-2H3,(H,24,27). The molecule has 1 atom stereocenters. The first-order valence-electron chi connectivity index (χ1n) is 9.84. The summed E-state index contributed by atoms with van der Waals surface area (Å²) in [7, 11) is 0. The molecule has 1 unspecified atom stereocenters. The first-order chi connectivity index (χ1) is 13.5. The molecule has 3 rings (SSSR count). The molecule has 148 valence electrons. The van der Waals surface area contributed by atoms with Crippen molar-refractivity contribution in [3.05, 3.63) is 48.2 Å². The third-order valence-electron chi connectivity index (χ3n) is 4.86. The van der Waals surface area contributed by atoms with Crippen molar-refractivity contribution in [1.82, 2.24) is 9.88 Å². The Morgan fingerprint density at radius 3 is 2.68 bits per heavy atom. The lowest BCUT2D eigenvalue weighted by atomic mass is 9.96. The van der Waals surface area contributed by atoms with E-state index in [9.17, 15) is 9.59 Å². The fraction of sp³-hybridized carbons (Fsp3) is 0.409. The van der Waals surface area contributed by atoms with Gasteiger partial charge in [-0.1, -0.05) is 24.6 Å². The molecule has 28 heavy (non-hydrogen) atoms. The average molecular weight is 381 g/mol. The lowest BCUT2D eigenvalue weighted by Crippen LogP contribution is -2.43. The SMILES string of the molecule is CCCC(=O)N1CCCC(C(=O)Nc2ccc(Oc3ccc(C)cc3)nc2)C1. The highest BCUT2D eigenvalue weighted by molar-refractivity contribution is 5.93. The number of ether oxygens (including phenoxy) is 1. The number of aromatic nitrogens is 1. The normalized spacial score (nSPS) is 16.5. The van der Waals surface area contributed by atoms with Crippen LogP contribution in [0.3, 0.4) is 0 Å². The molecular weight excluding hydrogens is 354 g/mol. The van der Waals surface area contributed by atoms with Gasteiger partial charge in [0.25, 0.3) is 0 Å². The summed E-state index contributed by atoms with van der Waals surface area (Å²) < 4.78 is 5.71. The number of benzene rings is 1. The topological polar surface area (TPSA) is 71.5 Å². The molecular formula is C22H27N3O3. The number of hydrogen-bond donors (Lipinski definition) is 1. The third-order valence-corrected chi connectivity index (χ3v) is 4.86. The first-order valence-corrected chi connectivity index (χ1v) is 9.84. The zero-order valence-corrected chi connectivity index (χ0v) is 16.5. The minimum absolute atomic E-state index is 0.0667. The summed E-state index contributed by atoms with van der Waals surface area (Å²) in [6, 6.07) is 11.2. The van der Waals surface area contributed by atoms with Crippen LogP contribution in [0.1, 0.15) is 38.2 Å². The molecule has 2 amide bonds. The van der Waals surface area contributed by atoms with Gasteiger partial charge in [-0.05, 0) is 44.4 Å². The third kappa shape index (κ3) is 5.31. The van der Waals surface area contributed by atoms with Crippen molar-refractivity contribution >= 4 is 17.5 Å². The molecule has 1 aromatic carbocycles. The van der Waals surface area contributed by atoms with Crippen LogP contribution in [0.25, 0.3) is 0 Å². The number of anilines is 1. The number of piperidine rings is 1. The minimum atomic E-state index is -0.182. The highest BCUT2D eigenvalue weighted by Crippen LogP contribution is 2.22. The van der Waals surface area contributed by atoms with E-state index in [2.05, 4.69) is 10.3 Å². The highest BCUT2D eigenvalue weighted by atomic mass is 16.5. The van der Waals surface area contributed by atoms with Crippen LogP contribution < -0.4 is 10.1 Å². The zero-order chi connectivity index (χ0) is 19.9. The van der Waals surface area contributed by atoms with Crippen molar-refractivity contribution in [2.75, 3.05) is 18.4 Å². The number of pyridine rings is 1. The Morgan fingerprint density at radius 2 is 2.00 bits per heavy atom. The van der Waals surface area contributed by atoms with Crippen LogP contribution in [-0.4, -0.2) is 34.8 Å². The molecule has 2 aromatic rings. The van der Waals surface area contributed by atoms with E-state index in [0.717, 1.165) is 31.4 Å². The smallest absolute Gasteiger partial charge is 0.229 e. The second-order valence-electron chi connectivity index (χ2n) is 7.22. The Balaban J connectivity index is 1.55. The van der Waals surface area contributed by atoms with Crippen molar-refractivity contribution in [3.63, 3.8) is 0 Å². The van der Waals surface area contributed by atoms with E-state index in [-0.39, 0.29) is 17.7 Å². The summed E-state index contributed by atoms with van der Waals surface area (Å²) >= 11 is 0. The number of aryl methyl sites for hydroxylation is 1. The number of carbonyl (C=O) groups excluding carboxylic acids is 2. The van der Waals surface area contributed by atoms with Gasteiger partial charge in [0.15, 0.2) is 0 Å². The Hall–Kier alpha value is -2.89. The fourth-order valence-electron chi connectivity index (χ4n) is 3.28. The number of hydrogen-bond acceptors (Lipinski definition) is 4. The molecule has 0 radical (unpaired) electrons. The van der Waals surface area contributed by atoms with Gasteiger partial charge in [-0.15, -0.1) is 0 Å². The predicted molar refractivity (Wildman–Crippen MR) is 108 cm³/mol. The summed E-state index contributed by atoms with van der Waals surface area (Å²) in [4.78, 5) is 30.8. The van der Waals surface area contributed by atoms with Crippen molar-refractivity contribution in [3.8, 4) is 11.6 Å². The predicted octanol–water partition coefficient (Wildman–Crippen LogP) is 4.16. The van der Waals surface area contributed by atoms with Crippen molar-refractivity contribution in [2.45, 2.75) is 39.5 Å². The van der Waals surface area contributed by atoms with Gasteiger partial charge in [-0.25, -0.2) is 4.98 Å². The lowest BCUT2D eigenvalue weighted by molar-refractivity contribution is -0.134. The molecule has 0 aliphatic carbocycles. The molecule has 1 aliphatic heterocycles.